The van der Waals surface area contributed by atoms with Crippen molar-refractivity contribution in [3.05, 3.63) is 23.8 Å². The summed E-state index contributed by atoms with van der Waals surface area (Å²) in [5.41, 5.74) is 0.392. The fourth-order valence-corrected chi connectivity index (χ4v) is 4.63. The van der Waals surface area contributed by atoms with Crippen molar-refractivity contribution in [2.75, 3.05) is 33.3 Å². The van der Waals surface area contributed by atoms with E-state index in [2.05, 4.69) is 0 Å². The largest absolute Gasteiger partial charge is 0.495 e. The summed E-state index contributed by atoms with van der Waals surface area (Å²) in [6.45, 7) is 5.76. The second-order valence-corrected chi connectivity index (χ2v) is 7.71. The number of piperidine rings is 1. The van der Waals surface area contributed by atoms with Crippen molar-refractivity contribution in [1.29, 1.82) is 0 Å². The number of ether oxygens (including phenoxy) is 1. The van der Waals surface area contributed by atoms with Gasteiger partial charge in [0.25, 0.3) is 5.91 Å². The molecule has 6 nitrogen and oxygen atoms in total. The molecular weight excluding hydrogens is 328 g/mol. The fourth-order valence-electron chi connectivity index (χ4n) is 2.99. The zero-order chi connectivity index (χ0) is 17.7. The number of likely N-dealkylation sites (tertiary alicyclic amines) is 1. The Kier molecular flexibility index (Phi) is 6.23. The number of amides is 1. The van der Waals surface area contributed by atoms with Crippen LogP contribution < -0.4 is 4.74 Å². The molecule has 0 N–H and O–H groups in total. The second kappa shape index (κ2) is 7.98. The average Bonchev–Trinajstić information content (AvgIpc) is 2.62. The van der Waals surface area contributed by atoms with Gasteiger partial charge in [0.15, 0.2) is 0 Å². The predicted octanol–water partition coefficient (Wildman–Crippen LogP) is 2.35. The summed E-state index contributed by atoms with van der Waals surface area (Å²) < 4.78 is 32.3. The number of rotatable bonds is 6. The number of carbonyl (C=O) groups excluding carboxylic acids is 1. The van der Waals surface area contributed by atoms with E-state index in [9.17, 15) is 13.2 Å². The molecule has 1 aliphatic rings. The standard InChI is InChI=1S/C17H26N2O4S/c1-4-19(5-2)24(21,22)16-13-14(9-10-15(16)23-3)17(20)18-11-7-6-8-12-18/h9-10,13H,4-8,11-12H2,1-3H3. The van der Waals surface area contributed by atoms with Gasteiger partial charge in [-0.3, -0.25) is 4.79 Å². The summed E-state index contributed by atoms with van der Waals surface area (Å²) >= 11 is 0. The van der Waals surface area contributed by atoms with Gasteiger partial charge >= 0.3 is 0 Å². The van der Waals surface area contributed by atoms with Crippen molar-refractivity contribution < 1.29 is 17.9 Å². The molecule has 0 spiro atoms. The molecule has 0 saturated carbocycles. The summed E-state index contributed by atoms with van der Waals surface area (Å²) in [5.74, 6) is 0.144. The highest BCUT2D eigenvalue weighted by atomic mass is 32.2. The maximum absolute atomic E-state index is 12.8. The molecule has 0 atom stereocenters. The Morgan fingerprint density at radius 2 is 1.79 bits per heavy atom. The number of methoxy groups -OCH3 is 1. The Bertz CT molecular complexity index is 678. The number of hydrogen-bond donors (Lipinski definition) is 0. The number of benzene rings is 1. The van der Waals surface area contributed by atoms with E-state index < -0.39 is 10.0 Å². The van der Waals surface area contributed by atoms with Crippen molar-refractivity contribution in [1.82, 2.24) is 9.21 Å². The van der Waals surface area contributed by atoms with Crippen LogP contribution in [0.5, 0.6) is 5.75 Å². The molecule has 24 heavy (non-hydrogen) atoms. The third-order valence-corrected chi connectivity index (χ3v) is 6.45. The Morgan fingerprint density at radius 1 is 1.17 bits per heavy atom. The van der Waals surface area contributed by atoms with Crippen molar-refractivity contribution in [3.63, 3.8) is 0 Å². The van der Waals surface area contributed by atoms with E-state index in [1.54, 1.807) is 30.9 Å². The van der Waals surface area contributed by atoms with Crippen LogP contribution in [0.2, 0.25) is 0 Å². The predicted molar refractivity (Wildman–Crippen MR) is 92.9 cm³/mol. The monoisotopic (exact) mass is 354 g/mol. The van der Waals surface area contributed by atoms with Gasteiger partial charge in [-0.1, -0.05) is 13.8 Å². The molecule has 1 fully saturated rings. The van der Waals surface area contributed by atoms with E-state index in [0.717, 1.165) is 32.4 Å². The molecule has 0 radical (unpaired) electrons. The lowest BCUT2D eigenvalue weighted by Crippen LogP contribution is -2.36. The summed E-state index contributed by atoms with van der Waals surface area (Å²) in [5, 5.41) is 0. The third kappa shape index (κ3) is 3.72. The molecule has 1 saturated heterocycles. The van der Waals surface area contributed by atoms with Crippen LogP contribution >= 0.6 is 0 Å². The molecule has 0 aromatic heterocycles. The minimum absolute atomic E-state index is 0.0524. The number of carbonyl (C=O) groups is 1. The summed E-state index contributed by atoms with van der Waals surface area (Å²) in [4.78, 5) is 14.5. The zero-order valence-corrected chi connectivity index (χ0v) is 15.4. The van der Waals surface area contributed by atoms with E-state index in [-0.39, 0.29) is 16.6 Å². The highest BCUT2D eigenvalue weighted by Crippen LogP contribution is 2.28. The Balaban J connectivity index is 2.42. The first-order valence-corrected chi connectivity index (χ1v) is 9.87. The van der Waals surface area contributed by atoms with E-state index >= 15 is 0 Å². The van der Waals surface area contributed by atoms with E-state index in [0.29, 0.717) is 18.7 Å². The van der Waals surface area contributed by atoms with Crippen molar-refractivity contribution in [3.8, 4) is 5.75 Å². The van der Waals surface area contributed by atoms with Gasteiger partial charge in [-0.15, -0.1) is 0 Å². The van der Waals surface area contributed by atoms with Gasteiger partial charge in [0, 0.05) is 31.7 Å². The van der Waals surface area contributed by atoms with Gasteiger partial charge in [0.1, 0.15) is 10.6 Å². The van der Waals surface area contributed by atoms with Gasteiger partial charge in [-0.2, -0.15) is 4.31 Å². The molecule has 1 aromatic carbocycles. The van der Waals surface area contributed by atoms with Crippen molar-refractivity contribution in [2.24, 2.45) is 0 Å². The zero-order valence-electron chi connectivity index (χ0n) is 14.6. The Morgan fingerprint density at radius 3 is 2.33 bits per heavy atom. The maximum atomic E-state index is 12.8. The highest BCUT2D eigenvalue weighted by molar-refractivity contribution is 7.89. The first-order valence-electron chi connectivity index (χ1n) is 8.43. The molecule has 2 rings (SSSR count). The van der Waals surface area contributed by atoms with Crippen LogP contribution in [0.4, 0.5) is 0 Å². The molecule has 1 aliphatic heterocycles. The van der Waals surface area contributed by atoms with Crippen molar-refractivity contribution in [2.45, 2.75) is 38.0 Å². The first kappa shape index (κ1) is 18.7. The lowest BCUT2D eigenvalue weighted by molar-refractivity contribution is 0.0724. The SMILES string of the molecule is CCN(CC)S(=O)(=O)c1cc(C(=O)N2CCCCC2)ccc1OC. The Hall–Kier alpha value is -1.60. The van der Waals surface area contributed by atoms with Gasteiger partial charge < -0.3 is 9.64 Å². The molecule has 1 amide bonds. The van der Waals surface area contributed by atoms with Crippen LogP contribution in [0.25, 0.3) is 0 Å². The number of sulfonamides is 1. The van der Waals surface area contributed by atoms with Gasteiger partial charge in [-0.25, -0.2) is 8.42 Å². The Labute approximate surface area is 144 Å². The molecule has 1 aromatic rings. The minimum Gasteiger partial charge on any atom is -0.495 e. The molecule has 0 aliphatic carbocycles. The van der Waals surface area contributed by atoms with E-state index in [1.807, 2.05) is 0 Å². The maximum Gasteiger partial charge on any atom is 0.253 e. The van der Waals surface area contributed by atoms with Crippen LogP contribution in [-0.2, 0) is 10.0 Å². The van der Waals surface area contributed by atoms with Gasteiger partial charge in [0.05, 0.1) is 7.11 Å². The summed E-state index contributed by atoms with van der Waals surface area (Å²) in [6.07, 6.45) is 3.12. The molecular formula is C17H26N2O4S. The quantitative estimate of drug-likeness (QED) is 0.786. The second-order valence-electron chi connectivity index (χ2n) is 5.81. The van der Waals surface area contributed by atoms with Crippen molar-refractivity contribution >= 4 is 15.9 Å². The van der Waals surface area contributed by atoms with Crippen LogP contribution in [0, 0.1) is 0 Å². The molecule has 0 unspecified atom stereocenters. The molecule has 1 heterocycles. The molecule has 134 valence electrons. The molecule has 7 heteroatoms. The highest BCUT2D eigenvalue weighted by Gasteiger charge is 2.28. The fraction of sp³-hybridized carbons (Fsp3) is 0.588. The topological polar surface area (TPSA) is 66.9 Å². The summed E-state index contributed by atoms with van der Waals surface area (Å²) in [7, 11) is -2.26. The lowest BCUT2D eigenvalue weighted by Gasteiger charge is -2.27. The van der Waals surface area contributed by atoms with E-state index in [4.69, 9.17) is 4.74 Å². The van der Waals surface area contributed by atoms with Crippen LogP contribution in [0.15, 0.2) is 23.1 Å². The van der Waals surface area contributed by atoms with Crippen LogP contribution in [0.3, 0.4) is 0 Å². The average molecular weight is 354 g/mol. The number of nitrogens with zero attached hydrogens (tertiary/aromatic N) is 2. The number of hydrogen-bond acceptors (Lipinski definition) is 4. The minimum atomic E-state index is -3.69. The van der Waals surface area contributed by atoms with Crippen LogP contribution in [-0.4, -0.2) is 56.8 Å². The van der Waals surface area contributed by atoms with Crippen LogP contribution in [0.1, 0.15) is 43.5 Å². The molecule has 0 bridgehead atoms. The van der Waals surface area contributed by atoms with Gasteiger partial charge in [0.2, 0.25) is 10.0 Å². The summed E-state index contributed by atoms with van der Waals surface area (Å²) in [6, 6.07) is 4.65. The first-order chi connectivity index (χ1) is 11.5. The lowest BCUT2D eigenvalue weighted by atomic mass is 10.1. The third-order valence-electron chi connectivity index (χ3n) is 4.38. The van der Waals surface area contributed by atoms with E-state index in [1.165, 1.54) is 17.5 Å². The smallest absolute Gasteiger partial charge is 0.253 e. The normalized spacial score (nSPS) is 15.6. The van der Waals surface area contributed by atoms with Gasteiger partial charge in [-0.05, 0) is 37.5 Å².